The largest absolute Gasteiger partial charge is 0.386 e. The summed E-state index contributed by atoms with van der Waals surface area (Å²) in [5.41, 5.74) is 7.49. The molecule has 0 aromatic heterocycles. The summed E-state index contributed by atoms with van der Waals surface area (Å²) in [4.78, 5) is 37.5. The second-order valence-electron chi connectivity index (χ2n) is 8.49. The maximum absolute atomic E-state index is 12.7. The number of carbonyl (C=O) groups is 3. The first kappa shape index (κ1) is 22.2. The van der Waals surface area contributed by atoms with Gasteiger partial charge in [0.1, 0.15) is 0 Å². The van der Waals surface area contributed by atoms with Gasteiger partial charge in [0, 0.05) is 12.0 Å². The van der Waals surface area contributed by atoms with Gasteiger partial charge < -0.3 is 4.74 Å². The summed E-state index contributed by atoms with van der Waals surface area (Å²) in [5.74, 6) is -1.29. The van der Waals surface area contributed by atoms with E-state index in [0.29, 0.717) is 5.56 Å². The molecule has 3 aromatic rings. The summed E-state index contributed by atoms with van der Waals surface area (Å²) in [6.07, 6.45) is 7.77. The lowest BCUT2D eigenvalue weighted by Gasteiger charge is -2.18. The van der Waals surface area contributed by atoms with E-state index in [4.69, 9.17) is 4.74 Å². The Morgan fingerprint density at radius 1 is 0.829 bits per heavy atom. The van der Waals surface area contributed by atoms with Crippen LogP contribution >= 0.6 is 0 Å². The molecule has 0 atom stereocenters. The van der Waals surface area contributed by atoms with Crippen molar-refractivity contribution in [3.63, 3.8) is 0 Å². The van der Waals surface area contributed by atoms with Gasteiger partial charge in [0.2, 0.25) is 0 Å². The number of benzene rings is 3. The van der Waals surface area contributed by atoms with Crippen molar-refractivity contribution in [2.45, 2.75) is 13.3 Å². The third-order valence-corrected chi connectivity index (χ3v) is 6.37. The molecule has 0 N–H and O–H groups in total. The number of hydrogen-bond acceptors (Lipinski definition) is 4. The minimum absolute atomic E-state index is 0.0265. The Balaban J connectivity index is 1.89. The van der Waals surface area contributed by atoms with Crippen LogP contribution in [0, 0.1) is 0 Å². The van der Waals surface area contributed by atoms with Crippen molar-refractivity contribution in [3.05, 3.63) is 120 Å². The van der Waals surface area contributed by atoms with Crippen molar-refractivity contribution in [1.29, 1.82) is 0 Å². The molecular weight excluding hydrogens is 436 g/mol. The number of carbonyl (C=O) groups excluding carboxylic acids is 3. The second kappa shape index (κ2) is 8.65. The van der Waals surface area contributed by atoms with Gasteiger partial charge in [0.05, 0.1) is 11.1 Å². The predicted octanol–water partition coefficient (Wildman–Crippen LogP) is 7.08. The topological polar surface area (TPSA) is 60.4 Å². The highest BCUT2D eigenvalue weighted by Gasteiger charge is 2.33. The number of esters is 2. The molecule has 5 rings (SSSR count). The molecule has 35 heavy (non-hydrogen) atoms. The predicted molar refractivity (Wildman–Crippen MR) is 138 cm³/mol. The Bertz CT molecular complexity index is 1520. The SMILES string of the molecule is C=C/C(=C\C=C/C)c1cc2c(cc1-c1cc3c(cc1-c1ccccc1)C(=O)OC3=O)C(=C)CC2=O. The maximum Gasteiger partial charge on any atom is 0.346 e. The van der Waals surface area contributed by atoms with Gasteiger partial charge in [0.15, 0.2) is 5.78 Å². The first-order valence-electron chi connectivity index (χ1n) is 11.3. The van der Waals surface area contributed by atoms with Crippen molar-refractivity contribution in [1.82, 2.24) is 0 Å². The van der Waals surface area contributed by atoms with Crippen LogP contribution in [0.15, 0.2) is 92.1 Å². The fourth-order valence-electron chi connectivity index (χ4n) is 4.65. The van der Waals surface area contributed by atoms with E-state index in [-0.39, 0.29) is 23.3 Å². The van der Waals surface area contributed by atoms with Crippen LogP contribution in [0.1, 0.15) is 55.5 Å². The summed E-state index contributed by atoms with van der Waals surface area (Å²) in [6, 6.07) is 16.9. The maximum atomic E-state index is 12.7. The Hall–Kier alpha value is -4.57. The zero-order valence-electron chi connectivity index (χ0n) is 19.3. The second-order valence-corrected chi connectivity index (χ2v) is 8.49. The highest BCUT2D eigenvalue weighted by Crippen LogP contribution is 2.44. The van der Waals surface area contributed by atoms with E-state index in [1.807, 2.05) is 67.6 Å². The third kappa shape index (κ3) is 3.69. The van der Waals surface area contributed by atoms with Crippen molar-refractivity contribution in [2.75, 3.05) is 0 Å². The standard InChI is InChI=1S/C31H22O4/c1-4-6-10-19(5-2)22-15-26-21(18(3)13-29(26)32)14-24(22)25-17-28-27(30(33)35-31(28)34)16-23(25)20-11-8-7-9-12-20/h4-12,14-17H,2-3,13H2,1H3/b6-4-,19-10+. The molecule has 4 nitrogen and oxygen atoms in total. The van der Waals surface area contributed by atoms with E-state index in [1.165, 1.54) is 0 Å². The average molecular weight is 459 g/mol. The molecule has 0 fully saturated rings. The third-order valence-electron chi connectivity index (χ3n) is 6.37. The average Bonchev–Trinajstić information content (AvgIpc) is 3.31. The molecule has 0 radical (unpaired) electrons. The van der Waals surface area contributed by atoms with Crippen LogP contribution in [0.2, 0.25) is 0 Å². The van der Waals surface area contributed by atoms with E-state index < -0.39 is 11.9 Å². The summed E-state index contributed by atoms with van der Waals surface area (Å²) in [6.45, 7) is 10.0. The molecule has 3 aromatic carbocycles. The lowest BCUT2D eigenvalue weighted by atomic mass is 9.84. The first-order chi connectivity index (χ1) is 16.9. The Morgan fingerprint density at radius 3 is 2.14 bits per heavy atom. The molecule has 1 heterocycles. The molecule has 4 heteroatoms. The van der Waals surface area contributed by atoms with E-state index in [1.54, 1.807) is 18.2 Å². The lowest BCUT2D eigenvalue weighted by Crippen LogP contribution is -2.00. The summed E-state index contributed by atoms with van der Waals surface area (Å²) >= 11 is 0. The first-order valence-corrected chi connectivity index (χ1v) is 11.3. The van der Waals surface area contributed by atoms with E-state index in [9.17, 15) is 14.4 Å². The van der Waals surface area contributed by atoms with Gasteiger partial charge in [-0.15, -0.1) is 0 Å². The van der Waals surface area contributed by atoms with Crippen LogP contribution in [-0.2, 0) is 4.74 Å². The molecule has 0 amide bonds. The normalized spacial score (nSPS) is 14.9. The van der Waals surface area contributed by atoms with Crippen molar-refractivity contribution in [2.24, 2.45) is 0 Å². The Kier molecular flexibility index (Phi) is 5.50. The zero-order chi connectivity index (χ0) is 24.7. The molecule has 1 aliphatic carbocycles. The Morgan fingerprint density at radius 2 is 1.49 bits per heavy atom. The van der Waals surface area contributed by atoms with E-state index >= 15 is 0 Å². The van der Waals surface area contributed by atoms with E-state index in [0.717, 1.165) is 44.5 Å². The molecule has 0 bridgehead atoms. The number of cyclic esters (lactones) is 2. The molecule has 170 valence electrons. The Labute approximate surface area is 203 Å². The van der Waals surface area contributed by atoms with Crippen LogP contribution in [0.5, 0.6) is 0 Å². The lowest BCUT2D eigenvalue weighted by molar-refractivity contribution is 0.0443. The van der Waals surface area contributed by atoms with Gasteiger partial charge in [-0.05, 0) is 75.7 Å². The van der Waals surface area contributed by atoms with Crippen molar-refractivity contribution < 1.29 is 19.1 Å². The monoisotopic (exact) mass is 458 g/mol. The van der Waals surface area contributed by atoms with Crippen LogP contribution in [0.3, 0.4) is 0 Å². The quantitative estimate of drug-likeness (QED) is 0.233. The van der Waals surface area contributed by atoms with Crippen LogP contribution in [0.25, 0.3) is 33.4 Å². The number of hydrogen-bond donors (Lipinski definition) is 0. The van der Waals surface area contributed by atoms with Gasteiger partial charge in [-0.2, -0.15) is 0 Å². The van der Waals surface area contributed by atoms with E-state index in [2.05, 4.69) is 13.2 Å². The molecular formula is C31H22O4. The molecule has 0 spiro atoms. The van der Waals surface area contributed by atoms with Gasteiger partial charge in [-0.25, -0.2) is 9.59 Å². The highest BCUT2D eigenvalue weighted by molar-refractivity contribution is 6.17. The molecule has 0 unspecified atom stereocenters. The number of fused-ring (bicyclic) bond motifs is 2. The smallest absolute Gasteiger partial charge is 0.346 e. The fraction of sp³-hybridized carbons (Fsp3) is 0.0645. The summed E-state index contributed by atoms with van der Waals surface area (Å²) < 4.78 is 4.90. The van der Waals surface area contributed by atoms with Crippen molar-refractivity contribution >= 4 is 28.9 Å². The highest BCUT2D eigenvalue weighted by atomic mass is 16.6. The number of allylic oxidation sites excluding steroid dienone is 6. The van der Waals surface area contributed by atoms with Crippen LogP contribution in [-0.4, -0.2) is 17.7 Å². The number of ketones is 1. The van der Waals surface area contributed by atoms with Gasteiger partial charge in [-0.1, -0.05) is 67.8 Å². The van der Waals surface area contributed by atoms with Gasteiger partial charge in [0.25, 0.3) is 0 Å². The summed E-state index contributed by atoms with van der Waals surface area (Å²) in [5, 5.41) is 0. The summed E-state index contributed by atoms with van der Waals surface area (Å²) in [7, 11) is 0. The fourth-order valence-corrected chi connectivity index (χ4v) is 4.65. The minimum Gasteiger partial charge on any atom is -0.386 e. The number of rotatable bonds is 5. The number of Topliss-reactive ketones (excluding diaryl/α,β-unsaturated/α-hetero) is 1. The van der Waals surface area contributed by atoms with Crippen LogP contribution < -0.4 is 0 Å². The van der Waals surface area contributed by atoms with Gasteiger partial charge >= 0.3 is 11.9 Å². The zero-order valence-corrected chi connectivity index (χ0v) is 19.3. The molecule has 1 aliphatic heterocycles. The molecule has 0 saturated heterocycles. The number of ether oxygens (including phenoxy) is 1. The van der Waals surface area contributed by atoms with Crippen molar-refractivity contribution in [3.8, 4) is 22.3 Å². The van der Waals surface area contributed by atoms with Gasteiger partial charge in [-0.3, -0.25) is 4.79 Å². The molecule has 0 saturated carbocycles. The molecule has 2 aliphatic rings. The van der Waals surface area contributed by atoms with Crippen LogP contribution in [0.4, 0.5) is 0 Å². The minimum atomic E-state index is -0.665.